The summed E-state index contributed by atoms with van der Waals surface area (Å²) in [6.07, 6.45) is 0. The van der Waals surface area contributed by atoms with Crippen LogP contribution in [0.25, 0.3) is 4.96 Å². The summed E-state index contributed by atoms with van der Waals surface area (Å²) >= 11 is 2.87. The molecular weight excluding hydrogens is 396 g/mol. The van der Waals surface area contributed by atoms with Crippen molar-refractivity contribution < 1.29 is 4.74 Å². The molecule has 0 atom stereocenters. The minimum absolute atomic E-state index is 0.171. The summed E-state index contributed by atoms with van der Waals surface area (Å²) in [5.74, 6) is 2.08. The molecule has 1 aromatic carbocycles. The zero-order valence-electron chi connectivity index (χ0n) is 15.6. The van der Waals surface area contributed by atoms with Gasteiger partial charge in [-0.15, -0.1) is 10.2 Å². The summed E-state index contributed by atoms with van der Waals surface area (Å²) in [5.41, 5.74) is 1.60. The Labute approximate surface area is 169 Å². The molecule has 4 rings (SSSR count). The van der Waals surface area contributed by atoms with Crippen molar-refractivity contribution >= 4 is 28.1 Å². The molecule has 3 heterocycles. The number of benzene rings is 1. The second kappa shape index (κ2) is 7.72. The van der Waals surface area contributed by atoms with Gasteiger partial charge in [-0.2, -0.15) is 9.61 Å². The summed E-state index contributed by atoms with van der Waals surface area (Å²) < 4.78 is 9.08. The maximum Gasteiger partial charge on any atom is 0.275 e. The molecule has 0 aliphatic heterocycles. The molecule has 0 aliphatic carbocycles. The van der Waals surface area contributed by atoms with Gasteiger partial charge < -0.3 is 9.30 Å². The molecule has 0 spiro atoms. The van der Waals surface area contributed by atoms with Crippen molar-refractivity contribution in [1.29, 1.82) is 0 Å². The lowest BCUT2D eigenvalue weighted by Crippen LogP contribution is -2.15. The van der Waals surface area contributed by atoms with Crippen LogP contribution in [-0.4, -0.2) is 29.4 Å². The SMILES string of the molecule is Cc1nn2c(=O)cc(CSc3nnc(COc4ccccc4C)n3C)nc2s1. The number of thioether (sulfide) groups is 1. The Morgan fingerprint density at radius 3 is 2.86 bits per heavy atom. The van der Waals surface area contributed by atoms with Gasteiger partial charge in [0.05, 0.1) is 5.69 Å². The number of rotatable bonds is 6. The first-order chi connectivity index (χ1) is 13.5. The van der Waals surface area contributed by atoms with E-state index in [0.29, 0.717) is 23.0 Å². The van der Waals surface area contributed by atoms with Crippen molar-refractivity contribution in [3.05, 3.63) is 62.8 Å². The van der Waals surface area contributed by atoms with E-state index in [1.54, 1.807) is 0 Å². The molecule has 0 saturated carbocycles. The highest BCUT2D eigenvalue weighted by atomic mass is 32.2. The lowest BCUT2D eigenvalue weighted by molar-refractivity contribution is 0.288. The van der Waals surface area contributed by atoms with E-state index >= 15 is 0 Å². The van der Waals surface area contributed by atoms with Crippen LogP contribution >= 0.6 is 23.1 Å². The molecule has 8 nitrogen and oxygen atoms in total. The highest BCUT2D eigenvalue weighted by molar-refractivity contribution is 7.98. The minimum atomic E-state index is -0.171. The number of para-hydroxylation sites is 1. The predicted octanol–water partition coefficient (Wildman–Crippen LogP) is 2.77. The van der Waals surface area contributed by atoms with Crippen LogP contribution in [0.4, 0.5) is 0 Å². The first-order valence-corrected chi connectivity index (χ1v) is 10.4. The summed E-state index contributed by atoms with van der Waals surface area (Å²) in [7, 11) is 1.90. The van der Waals surface area contributed by atoms with Gasteiger partial charge in [0.25, 0.3) is 5.56 Å². The number of hydrogen-bond acceptors (Lipinski definition) is 8. The first-order valence-electron chi connectivity index (χ1n) is 8.57. The molecule has 0 unspecified atom stereocenters. The summed E-state index contributed by atoms with van der Waals surface area (Å²) in [4.78, 5) is 17.3. The smallest absolute Gasteiger partial charge is 0.275 e. The molecular formula is C18H18N6O2S2. The normalized spacial score (nSPS) is 11.2. The molecule has 144 valence electrons. The van der Waals surface area contributed by atoms with E-state index in [-0.39, 0.29) is 5.56 Å². The maximum absolute atomic E-state index is 12.2. The third-order valence-corrected chi connectivity index (χ3v) is 6.00. The van der Waals surface area contributed by atoms with Gasteiger partial charge in [-0.3, -0.25) is 4.79 Å². The Balaban J connectivity index is 1.45. The Bertz CT molecular complexity index is 1200. The molecule has 10 heteroatoms. The van der Waals surface area contributed by atoms with Gasteiger partial charge in [-0.05, 0) is 25.5 Å². The second-order valence-electron chi connectivity index (χ2n) is 6.20. The topological polar surface area (TPSA) is 87.2 Å². The number of aryl methyl sites for hydroxylation is 2. The van der Waals surface area contributed by atoms with Gasteiger partial charge in [-0.1, -0.05) is 41.3 Å². The van der Waals surface area contributed by atoms with Crippen LogP contribution in [0.5, 0.6) is 5.75 Å². The van der Waals surface area contributed by atoms with Crippen molar-refractivity contribution in [1.82, 2.24) is 29.4 Å². The summed E-state index contributed by atoms with van der Waals surface area (Å²) in [6.45, 7) is 4.19. The predicted molar refractivity (Wildman–Crippen MR) is 108 cm³/mol. The van der Waals surface area contributed by atoms with Crippen LogP contribution in [0.3, 0.4) is 0 Å². The number of nitrogens with zero attached hydrogens (tertiary/aromatic N) is 6. The van der Waals surface area contributed by atoms with Crippen molar-refractivity contribution in [2.75, 3.05) is 0 Å². The third kappa shape index (κ3) is 3.78. The fourth-order valence-corrected chi connectivity index (χ4v) is 4.21. The molecule has 0 amide bonds. The third-order valence-electron chi connectivity index (χ3n) is 4.12. The van der Waals surface area contributed by atoms with Gasteiger partial charge in [0.1, 0.15) is 17.4 Å². The molecule has 0 N–H and O–H groups in total. The van der Waals surface area contributed by atoms with Gasteiger partial charge >= 0.3 is 0 Å². The van der Waals surface area contributed by atoms with Crippen LogP contribution in [-0.2, 0) is 19.4 Å². The molecule has 0 radical (unpaired) electrons. The van der Waals surface area contributed by atoms with E-state index in [1.807, 2.05) is 49.7 Å². The molecule has 28 heavy (non-hydrogen) atoms. The van der Waals surface area contributed by atoms with Crippen LogP contribution in [0, 0.1) is 13.8 Å². The number of ether oxygens (including phenoxy) is 1. The molecule has 0 bridgehead atoms. The van der Waals surface area contributed by atoms with Gasteiger partial charge in [-0.25, -0.2) is 4.98 Å². The summed E-state index contributed by atoms with van der Waals surface area (Å²) in [5, 5.41) is 14.1. The van der Waals surface area contributed by atoms with E-state index in [2.05, 4.69) is 20.3 Å². The van der Waals surface area contributed by atoms with E-state index in [4.69, 9.17) is 4.74 Å². The van der Waals surface area contributed by atoms with E-state index in [0.717, 1.165) is 27.3 Å². The summed E-state index contributed by atoms with van der Waals surface area (Å²) in [6, 6.07) is 9.37. The van der Waals surface area contributed by atoms with Gasteiger partial charge in [0.15, 0.2) is 11.0 Å². The highest BCUT2D eigenvalue weighted by Crippen LogP contribution is 2.22. The molecule has 0 saturated heterocycles. The number of aromatic nitrogens is 6. The molecule has 0 aliphatic rings. The zero-order chi connectivity index (χ0) is 19.7. The van der Waals surface area contributed by atoms with Crippen molar-refractivity contribution in [2.45, 2.75) is 31.4 Å². The Morgan fingerprint density at radius 1 is 1.21 bits per heavy atom. The molecule has 4 aromatic rings. The van der Waals surface area contributed by atoms with E-state index in [9.17, 15) is 4.79 Å². The molecule has 0 fully saturated rings. The number of hydrogen-bond donors (Lipinski definition) is 0. The fourth-order valence-electron chi connectivity index (χ4n) is 2.62. The van der Waals surface area contributed by atoms with Crippen LogP contribution < -0.4 is 10.3 Å². The average molecular weight is 415 g/mol. The average Bonchev–Trinajstić information content (AvgIpc) is 3.22. The Kier molecular flexibility index (Phi) is 5.14. The Hall–Kier alpha value is -2.72. The largest absolute Gasteiger partial charge is 0.485 e. The Morgan fingerprint density at radius 2 is 2.04 bits per heavy atom. The monoisotopic (exact) mass is 414 g/mol. The van der Waals surface area contributed by atoms with Crippen LogP contribution in [0.2, 0.25) is 0 Å². The number of fused-ring (bicyclic) bond motifs is 1. The quantitative estimate of drug-likeness (QED) is 0.448. The highest BCUT2D eigenvalue weighted by Gasteiger charge is 2.12. The van der Waals surface area contributed by atoms with Crippen molar-refractivity contribution in [2.24, 2.45) is 7.05 Å². The lowest BCUT2D eigenvalue weighted by atomic mass is 10.2. The second-order valence-corrected chi connectivity index (χ2v) is 8.30. The van der Waals surface area contributed by atoms with Gasteiger partial charge in [0, 0.05) is 18.9 Å². The standard InChI is InChI=1S/C18H18N6O2S2/c1-11-6-4-5-7-14(11)26-9-15-20-21-18(23(15)3)27-10-13-8-16(25)24-17(19-13)28-12(2)22-24/h4-8H,9-10H2,1-3H3. The van der Waals surface area contributed by atoms with Crippen molar-refractivity contribution in [3.8, 4) is 5.75 Å². The fraction of sp³-hybridized carbons (Fsp3) is 0.278. The van der Waals surface area contributed by atoms with Crippen LogP contribution in [0.15, 0.2) is 40.3 Å². The van der Waals surface area contributed by atoms with Crippen molar-refractivity contribution in [3.63, 3.8) is 0 Å². The maximum atomic E-state index is 12.2. The van der Waals surface area contributed by atoms with E-state index < -0.39 is 0 Å². The molecule has 3 aromatic heterocycles. The van der Waals surface area contributed by atoms with Gasteiger partial charge in [0.2, 0.25) is 4.96 Å². The first kappa shape index (κ1) is 18.6. The minimum Gasteiger partial charge on any atom is -0.485 e. The zero-order valence-corrected chi connectivity index (χ0v) is 17.3. The van der Waals surface area contributed by atoms with E-state index in [1.165, 1.54) is 33.7 Å². The lowest BCUT2D eigenvalue weighted by Gasteiger charge is -2.08. The van der Waals surface area contributed by atoms with Crippen LogP contribution in [0.1, 0.15) is 22.1 Å².